The van der Waals surface area contributed by atoms with Crippen molar-refractivity contribution in [2.75, 3.05) is 26.2 Å². The number of nitrogens with zero attached hydrogens (tertiary/aromatic N) is 1. The molecule has 2 aromatic rings. The van der Waals surface area contributed by atoms with Gasteiger partial charge in [-0.05, 0) is 61.0 Å². The van der Waals surface area contributed by atoms with Crippen LogP contribution in [0.3, 0.4) is 0 Å². The van der Waals surface area contributed by atoms with Crippen LogP contribution in [0.4, 0.5) is 13.2 Å². The molecule has 4 nitrogen and oxygen atoms in total. The van der Waals surface area contributed by atoms with Gasteiger partial charge in [0.05, 0.1) is 11.3 Å². The fraction of sp³-hybridized carbons (Fsp3) is 0.474. The second-order valence-electron chi connectivity index (χ2n) is 6.98. The van der Waals surface area contributed by atoms with Crippen molar-refractivity contribution in [1.82, 2.24) is 9.62 Å². The van der Waals surface area contributed by atoms with E-state index in [1.807, 2.05) is 0 Å². The van der Waals surface area contributed by atoms with E-state index in [-0.39, 0.29) is 5.75 Å². The van der Waals surface area contributed by atoms with E-state index in [0.717, 1.165) is 38.1 Å². The predicted octanol–water partition coefficient (Wildman–Crippen LogP) is 4.07. The van der Waals surface area contributed by atoms with Crippen molar-refractivity contribution < 1.29 is 21.6 Å². The fourth-order valence-electron chi connectivity index (χ4n) is 3.38. The van der Waals surface area contributed by atoms with Gasteiger partial charge in [-0.2, -0.15) is 13.2 Å². The minimum absolute atomic E-state index is 0.298. The molecule has 0 unspecified atom stereocenters. The third-order valence-electron chi connectivity index (χ3n) is 4.92. The summed E-state index contributed by atoms with van der Waals surface area (Å²) in [4.78, 5) is 3.65. The van der Waals surface area contributed by atoms with Gasteiger partial charge in [0, 0.05) is 18.0 Å². The molecule has 1 fully saturated rings. The van der Waals surface area contributed by atoms with Crippen molar-refractivity contribution in [2.24, 2.45) is 0 Å². The number of nitrogens with one attached hydrogen (secondary N) is 1. The quantitative estimate of drug-likeness (QED) is 0.718. The number of halogens is 3. The Bertz CT molecular complexity index is 842. The highest BCUT2D eigenvalue weighted by atomic mass is 32.2. The first kappa shape index (κ1) is 21.3. The van der Waals surface area contributed by atoms with Crippen LogP contribution in [0.1, 0.15) is 34.8 Å². The topological polar surface area (TPSA) is 49.4 Å². The third-order valence-corrected chi connectivity index (χ3v) is 7.31. The third kappa shape index (κ3) is 6.04. The summed E-state index contributed by atoms with van der Waals surface area (Å²) in [5, 5.41) is 2.09. The maximum Gasteiger partial charge on any atom is 0.416 e. The largest absolute Gasteiger partial charge is 0.416 e. The molecule has 154 valence electrons. The lowest BCUT2D eigenvalue weighted by Gasteiger charge is -2.31. The van der Waals surface area contributed by atoms with E-state index in [1.54, 1.807) is 11.3 Å². The molecule has 3 rings (SSSR count). The highest BCUT2D eigenvalue weighted by Gasteiger charge is 2.30. The van der Waals surface area contributed by atoms with E-state index in [9.17, 15) is 21.6 Å². The molecule has 1 aliphatic heterocycles. The van der Waals surface area contributed by atoms with Crippen molar-refractivity contribution in [3.8, 4) is 0 Å². The molecule has 0 aliphatic carbocycles. The number of likely N-dealkylation sites (tertiary alicyclic amines) is 1. The van der Waals surface area contributed by atoms with Crippen LogP contribution >= 0.6 is 11.3 Å². The number of hydrogen-bond donors (Lipinski definition) is 1. The first-order valence-corrected chi connectivity index (χ1v) is 11.7. The van der Waals surface area contributed by atoms with Gasteiger partial charge in [-0.3, -0.25) is 0 Å². The van der Waals surface area contributed by atoms with Gasteiger partial charge in [-0.1, -0.05) is 18.2 Å². The molecule has 0 spiro atoms. The number of alkyl halides is 3. The van der Waals surface area contributed by atoms with Crippen LogP contribution in [0.5, 0.6) is 0 Å². The van der Waals surface area contributed by atoms with Gasteiger partial charge in [0.1, 0.15) is 0 Å². The van der Waals surface area contributed by atoms with Crippen LogP contribution in [0.15, 0.2) is 41.8 Å². The van der Waals surface area contributed by atoms with Crippen LogP contribution in [0.2, 0.25) is 0 Å². The summed E-state index contributed by atoms with van der Waals surface area (Å²) < 4.78 is 64.6. The molecule has 28 heavy (non-hydrogen) atoms. The molecule has 1 aromatic heterocycles. The monoisotopic (exact) mass is 432 g/mol. The van der Waals surface area contributed by atoms with Gasteiger partial charge < -0.3 is 4.90 Å². The van der Waals surface area contributed by atoms with Crippen LogP contribution in [-0.2, 0) is 22.0 Å². The van der Waals surface area contributed by atoms with E-state index in [1.165, 1.54) is 17.0 Å². The first-order valence-electron chi connectivity index (χ1n) is 9.12. The first-order chi connectivity index (χ1) is 13.2. The summed E-state index contributed by atoms with van der Waals surface area (Å²) in [5.41, 5.74) is -0.454. The van der Waals surface area contributed by atoms with Crippen molar-refractivity contribution in [2.45, 2.75) is 30.7 Å². The molecule has 9 heteroatoms. The maximum atomic E-state index is 12.6. The standard InChI is InChI=1S/C19H23F3N2O2S2/c20-19(21,22)17-5-3-15(4-6-17)14-28(25,26)23-9-12-24-10-7-16(8-11-24)18-2-1-13-27-18/h1-6,13,16,23H,7-12,14H2. The van der Waals surface area contributed by atoms with E-state index < -0.39 is 21.8 Å². The zero-order chi connectivity index (χ0) is 20.2. The number of rotatable bonds is 7. The Morgan fingerprint density at radius 2 is 1.79 bits per heavy atom. The van der Waals surface area contributed by atoms with Gasteiger partial charge in [0.2, 0.25) is 10.0 Å². The van der Waals surface area contributed by atoms with Gasteiger partial charge in [-0.25, -0.2) is 13.1 Å². The summed E-state index contributed by atoms with van der Waals surface area (Å²) in [7, 11) is -3.59. The average Bonchev–Trinajstić information content (AvgIpc) is 3.16. The molecular weight excluding hydrogens is 409 g/mol. The van der Waals surface area contributed by atoms with Gasteiger partial charge in [0.15, 0.2) is 0 Å². The summed E-state index contributed by atoms with van der Waals surface area (Å²) >= 11 is 1.78. The lowest BCUT2D eigenvalue weighted by Crippen LogP contribution is -2.39. The Hall–Kier alpha value is -1.42. The Balaban J connectivity index is 1.42. The maximum absolute atomic E-state index is 12.6. The Morgan fingerprint density at radius 3 is 2.36 bits per heavy atom. The predicted molar refractivity (Wildman–Crippen MR) is 105 cm³/mol. The number of benzene rings is 1. The normalized spacial score (nSPS) is 17.1. The Morgan fingerprint density at radius 1 is 1.11 bits per heavy atom. The Labute approximate surface area is 167 Å². The number of hydrogen-bond acceptors (Lipinski definition) is 4. The summed E-state index contributed by atoms with van der Waals surface area (Å²) in [5.74, 6) is 0.263. The zero-order valence-corrected chi connectivity index (χ0v) is 16.9. The Kier molecular flexibility index (Phi) is 6.80. The van der Waals surface area contributed by atoms with Crippen molar-refractivity contribution in [3.05, 3.63) is 57.8 Å². The summed E-state index contributed by atoms with van der Waals surface area (Å²) in [6.07, 6.45) is -2.29. The van der Waals surface area contributed by atoms with E-state index in [2.05, 4.69) is 27.1 Å². The zero-order valence-electron chi connectivity index (χ0n) is 15.3. The SMILES string of the molecule is O=S(=O)(Cc1ccc(C(F)(F)F)cc1)NCCN1CCC(c2cccs2)CC1. The smallest absolute Gasteiger partial charge is 0.302 e. The van der Waals surface area contributed by atoms with Gasteiger partial charge in [0.25, 0.3) is 0 Å². The van der Waals surface area contributed by atoms with Crippen LogP contribution in [0.25, 0.3) is 0 Å². The minimum Gasteiger partial charge on any atom is -0.302 e. The average molecular weight is 433 g/mol. The molecule has 0 amide bonds. The van der Waals surface area contributed by atoms with Crippen molar-refractivity contribution in [1.29, 1.82) is 0 Å². The van der Waals surface area contributed by atoms with Crippen LogP contribution < -0.4 is 4.72 Å². The van der Waals surface area contributed by atoms with Crippen molar-refractivity contribution in [3.63, 3.8) is 0 Å². The molecule has 1 aromatic carbocycles. The molecule has 0 saturated carbocycles. The number of sulfonamides is 1. The summed E-state index contributed by atoms with van der Waals surface area (Å²) in [6, 6.07) is 8.46. The molecule has 1 N–H and O–H groups in total. The minimum atomic E-state index is -4.42. The lowest BCUT2D eigenvalue weighted by atomic mass is 9.95. The van der Waals surface area contributed by atoms with E-state index in [0.29, 0.717) is 24.6 Å². The van der Waals surface area contributed by atoms with E-state index >= 15 is 0 Å². The number of thiophene rings is 1. The van der Waals surface area contributed by atoms with Crippen LogP contribution in [-0.4, -0.2) is 39.5 Å². The second kappa shape index (κ2) is 8.94. The fourth-order valence-corrected chi connectivity index (χ4v) is 5.42. The molecule has 2 heterocycles. The molecule has 1 saturated heterocycles. The second-order valence-corrected chi connectivity index (χ2v) is 9.77. The number of piperidine rings is 1. The highest BCUT2D eigenvalue weighted by Crippen LogP contribution is 2.31. The molecule has 0 bridgehead atoms. The van der Waals surface area contributed by atoms with E-state index in [4.69, 9.17) is 0 Å². The molecule has 1 aliphatic rings. The molecule has 0 atom stereocenters. The van der Waals surface area contributed by atoms with Crippen molar-refractivity contribution >= 4 is 21.4 Å². The van der Waals surface area contributed by atoms with Gasteiger partial charge >= 0.3 is 6.18 Å². The van der Waals surface area contributed by atoms with Gasteiger partial charge in [-0.15, -0.1) is 11.3 Å². The lowest BCUT2D eigenvalue weighted by molar-refractivity contribution is -0.137. The molecule has 0 radical (unpaired) electrons. The molecular formula is C19H23F3N2O2S2. The summed E-state index contributed by atoms with van der Waals surface area (Å²) in [6.45, 7) is 2.79. The van der Waals surface area contributed by atoms with Crippen LogP contribution in [0, 0.1) is 0 Å². The highest BCUT2D eigenvalue weighted by molar-refractivity contribution is 7.88.